The lowest BCUT2D eigenvalue weighted by atomic mass is 10.3. The zero-order valence-electron chi connectivity index (χ0n) is 6.26. The van der Waals surface area contributed by atoms with Gasteiger partial charge in [0.25, 0.3) is 0 Å². The molecule has 0 aromatic heterocycles. The van der Waals surface area contributed by atoms with Crippen LogP contribution in [0.15, 0.2) is 0 Å². The van der Waals surface area contributed by atoms with Gasteiger partial charge in [-0.3, -0.25) is 9.69 Å². The molecule has 1 N–H and O–H groups in total. The molecule has 1 atom stereocenters. The van der Waals surface area contributed by atoms with Crippen molar-refractivity contribution in [2.45, 2.75) is 19.4 Å². The fourth-order valence-electron chi connectivity index (χ4n) is 1.24. The Balaban J connectivity index is 2.24. The average Bonchev–Trinajstić information content (AvgIpc) is 2.13. The van der Waals surface area contributed by atoms with E-state index >= 15 is 0 Å². The molecule has 1 rings (SSSR count). The lowest BCUT2D eigenvalue weighted by Gasteiger charge is -2.09. The van der Waals surface area contributed by atoms with Crippen LogP contribution < -0.4 is 5.32 Å². The highest BCUT2D eigenvalue weighted by molar-refractivity contribution is 5.73. The second-order valence-corrected chi connectivity index (χ2v) is 2.76. The summed E-state index contributed by atoms with van der Waals surface area (Å²) in [5.74, 6) is 0.0558. The first-order valence-corrected chi connectivity index (χ1v) is 3.51. The van der Waals surface area contributed by atoms with Gasteiger partial charge in [-0.2, -0.15) is 0 Å². The molecular formula is C7H13N2O. The van der Waals surface area contributed by atoms with E-state index in [1.54, 1.807) is 6.92 Å². The number of carbonyl (C=O) groups excluding carboxylic acids is 1. The zero-order valence-corrected chi connectivity index (χ0v) is 6.26. The van der Waals surface area contributed by atoms with E-state index in [0.29, 0.717) is 6.04 Å². The SMILES string of the molecule is [CH2]N1CCC(NC(C)=O)C1. The minimum atomic E-state index is 0.0558. The van der Waals surface area contributed by atoms with Gasteiger partial charge in [0.2, 0.25) is 5.91 Å². The van der Waals surface area contributed by atoms with Crippen molar-refractivity contribution in [2.75, 3.05) is 13.1 Å². The summed E-state index contributed by atoms with van der Waals surface area (Å²) in [5.41, 5.74) is 0. The minimum Gasteiger partial charge on any atom is -0.352 e. The summed E-state index contributed by atoms with van der Waals surface area (Å²) in [6.45, 7) is 3.43. The van der Waals surface area contributed by atoms with Gasteiger partial charge in [-0.05, 0) is 6.42 Å². The predicted molar refractivity (Wildman–Crippen MR) is 39.2 cm³/mol. The Morgan fingerprint density at radius 1 is 1.80 bits per heavy atom. The van der Waals surface area contributed by atoms with Crippen molar-refractivity contribution < 1.29 is 4.79 Å². The van der Waals surface area contributed by atoms with Crippen molar-refractivity contribution in [3.05, 3.63) is 7.05 Å². The van der Waals surface area contributed by atoms with Gasteiger partial charge in [0.05, 0.1) is 0 Å². The third-order valence-corrected chi connectivity index (χ3v) is 1.68. The van der Waals surface area contributed by atoms with Crippen LogP contribution in [0.2, 0.25) is 0 Å². The largest absolute Gasteiger partial charge is 0.352 e. The van der Waals surface area contributed by atoms with E-state index in [1.165, 1.54) is 0 Å². The van der Waals surface area contributed by atoms with E-state index in [0.717, 1.165) is 19.5 Å². The third kappa shape index (κ3) is 1.99. The number of rotatable bonds is 1. The van der Waals surface area contributed by atoms with Crippen molar-refractivity contribution in [2.24, 2.45) is 0 Å². The molecule has 1 heterocycles. The topological polar surface area (TPSA) is 32.3 Å². The van der Waals surface area contributed by atoms with E-state index in [4.69, 9.17) is 0 Å². The minimum absolute atomic E-state index is 0.0558. The molecule has 0 bridgehead atoms. The number of amides is 1. The van der Waals surface area contributed by atoms with E-state index in [-0.39, 0.29) is 5.91 Å². The summed E-state index contributed by atoms with van der Waals surface area (Å²) in [7, 11) is 3.78. The Hall–Kier alpha value is -0.570. The molecule has 1 aliphatic rings. The van der Waals surface area contributed by atoms with Crippen molar-refractivity contribution >= 4 is 5.91 Å². The number of likely N-dealkylation sites (tertiary alicyclic amines) is 1. The summed E-state index contributed by atoms with van der Waals surface area (Å²) < 4.78 is 0. The summed E-state index contributed by atoms with van der Waals surface area (Å²) in [4.78, 5) is 12.5. The molecule has 3 heteroatoms. The van der Waals surface area contributed by atoms with E-state index in [2.05, 4.69) is 12.4 Å². The fraction of sp³-hybridized carbons (Fsp3) is 0.714. The predicted octanol–water partition coefficient (Wildman–Crippen LogP) is -0.0116. The Morgan fingerprint density at radius 2 is 2.50 bits per heavy atom. The van der Waals surface area contributed by atoms with Crippen molar-refractivity contribution in [3.8, 4) is 0 Å². The highest BCUT2D eigenvalue weighted by atomic mass is 16.1. The van der Waals surface area contributed by atoms with Gasteiger partial charge in [0.1, 0.15) is 0 Å². The molecule has 1 radical (unpaired) electrons. The lowest BCUT2D eigenvalue weighted by molar-refractivity contribution is -0.119. The quantitative estimate of drug-likeness (QED) is 0.557. The molecule has 10 heavy (non-hydrogen) atoms. The standard InChI is InChI=1S/C7H13N2O/c1-6(10)8-7-3-4-9(2)5-7/h7H,2-5H2,1H3,(H,8,10). The maximum absolute atomic E-state index is 10.6. The maximum Gasteiger partial charge on any atom is 0.217 e. The molecule has 3 nitrogen and oxygen atoms in total. The van der Waals surface area contributed by atoms with Gasteiger partial charge >= 0.3 is 0 Å². The van der Waals surface area contributed by atoms with Crippen LogP contribution in [0, 0.1) is 7.05 Å². The van der Waals surface area contributed by atoms with Crippen LogP contribution >= 0.6 is 0 Å². The number of hydrogen-bond donors (Lipinski definition) is 1. The highest BCUT2D eigenvalue weighted by Gasteiger charge is 2.19. The van der Waals surface area contributed by atoms with Crippen LogP contribution in [0.3, 0.4) is 0 Å². The van der Waals surface area contributed by atoms with Crippen LogP contribution in [-0.4, -0.2) is 29.9 Å². The fourth-order valence-corrected chi connectivity index (χ4v) is 1.24. The van der Waals surface area contributed by atoms with E-state index < -0.39 is 0 Å². The Kier molecular flexibility index (Phi) is 2.27. The highest BCUT2D eigenvalue weighted by Crippen LogP contribution is 2.06. The molecule has 0 spiro atoms. The molecule has 0 aromatic carbocycles. The summed E-state index contributed by atoms with van der Waals surface area (Å²) in [6, 6.07) is 0.329. The van der Waals surface area contributed by atoms with Gasteiger partial charge in [-0.15, -0.1) is 0 Å². The van der Waals surface area contributed by atoms with Crippen LogP contribution in [-0.2, 0) is 4.79 Å². The average molecular weight is 141 g/mol. The number of nitrogens with one attached hydrogen (secondary N) is 1. The van der Waals surface area contributed by atoms with Gasteiger partial charge in [0.15, 0.2) is 0 Å². The molecule has 1 amide bonds. The second kappa shape index (κ2) is 3.01. The Morgan fingerprint density at radius 3 is 2.90 bits per heavy atom. The van der Waals surface area contributed by atoms with E-state index in [9.17, 15) is 4.79 Å². The second-order valence-electron chi connectivity index (χ2n) is 2.76. The molecular weight excluding hydrogens is 128 g/mol. The monoisotopic (exact) mass is 141 g/mol. The Labute approximate surface area is 61.4 Å². The maximum atomic E-state index is 10.6. The van der Waals surface area contributed by atoms with Gasteiger partial charge in [0, 0.05) is 33.1 Å². The smallest absolute Gasteiger partial charge is 0.217 e. The molecule has 1 saturated heterocycles. The van der Waals surface area contributed by atoms with Crippen LogP contribution in [0.5, 0.6) is 0 Å². The van der Waals surface area contributed by atoms with Gasteiger partial charge in [-0.25, -0.2) is 0 Å². The van der Waals surface area contributed by atoms with Crippen LogP contribution in [0.25, 0.3) is 0 Å². The number of nitrogens with zero attached hydrogens (tertiary/aromatic N) is 1. The zero-order chi connectivity index (χ0) is 7.56. The summed E-state index contributed by atoms with van der Waals surface area (Å²) in [6.07, 6.45) is 1.03. The van der Waals surface area contributed by atoms with Crippen LogP contribution in [0.4, 0.5) is 0 Å². The number of hydrogen-bond acceptors (Lipinski definition) is 2. The number of carbonyl (C=O) groups is 1. The van der Waals surface area contributed by atoms with Gasteiger partial charge in [-0.1, -0.05) is 0 Å². The molecule has 1 fully saturated rings. The summed E-state index contributed by atoms with van der Waals surface area (Å²) in [5, 5.41) is 2.85. The van der Waals surface area contributed by atoms with Crippen molar-refractivity contribution in [1.82, 2.24) is 10.2 Å². The molecule has 0 saturated carbocycles. The third-order valence-electron chi connectivity index (χ3n) is 1.68. The molecule has 1 aliphatic heterocycles. The molecule has 57 valence electrons. The molecule has 1 unspecified atom stereocenters. The lowest BCUT2D eigenvalue weighted by Crippen LogP contribution is -2.34. The van der Waals surface area contributed by atoms with Crippen molar-refractivity contribution in [1.29, 1.82) is 0 Å². The first-order valence-electron chi connectivity index (χ1n) is 3.51. The van der Waals surface area contributed by atoms with Crippen LogP contribution in [0.1, 0.15) is 13.3 Å². The molecule has 0 aromatic rings. The molecule has 0 aliphatic carbocycles. The van der Waals surface area contributed by atoms with Crippen molar-refractivity contribution in [3.63, 3.8) is 0 Å². The van der Waals surface area contributed by atoms with E-state index in [1.807, 2.05) is 4.90 Å². The summed E-state index contributed by atoms with van der Waals surface area (Å²) >= 11 is 0. The Bertz CT molecular complexity index is 136. The first kappa shape index (κ1) is 7.54. The first-order chi connectivity index (χ1) is 4.68. The normalized spacial score (nSPS) is 26.8. The van der Waals surface area contributed by atoms with Gasteiger partial charge < -0.3 is 5.32 Å².